The van der Waals surface area contributed by atoms with Crippen LogP contribution in [-0.4, -0.2) is 382 Å². The molecule has 0 bridgehead atoms. The van der Waals surface area contributed by atoms with Crippen LogP contribution in [0.3, 0.4) is 0 Å². The van der Waals surface area contributed by atoms with Crippen molar-refractivity contribution in [3.63, 3.8) is 0 Å². The molecule has 0 saturated carbocycles. The van der Waals surface area contributed by atoms with Crippen molar-refractivity contribution in [2.45, 2.75) is 242 Å². The molecule has 0 aliphatic carbocycles. The minimum absolute atomic E-state index is 0.745. The van der Waals surface area contributed by atoms with Crippen LogP contribution in [0.25, 0.3) is 0 Å². The van der Waals surface area contributed by atoms with E-state index in [1.807, 2.05) is 0 Å². The summed E-state index contributed by atoms with van der Waals surface area (Å²) >= 11 is 0. The Morgan fingerprint density at radius 3 is 0.933 bits per heavy atom. The third kappa shape index (κ3) is 16.4. The number of aliphatic hydroxyl groups is 19. The molecule has 0 aromatic carbocycles. The van der Waals surface area contributed by atoms with Crippen molar-refractivity contribution in [2.75, 3.05) is 46.2 Å². The van der Waals surface area contributed by atoms with Gasteiger partial charge in [0, 0.05) is 27.7 Å². The topological polar surface area (TPSA) is 621 Å². The van der Waals surface area contributed by atoms with E-state index in [1.165, 1.54) is 0 Å². The lowest BCUT2D eigenvalue weighted by Crippen LogP contribution is -2.71. The van der Waals surface area contributed by atoms with Crippen LogP contribution in [0.1, 0.15) is 27.7 Å². The van der Waals surface area contributed by atoms with Crippen molar-refractivity contribution in [2.24, 2.45) is 0 Å². The first-order valence-corrected chi connectivity index (χ1v) is 28.6. The van der Waals surface area contributed by atoms with E-state index in [-0.39, 0.29) is 0 Å². The number of rotatable bonds is 23. The van der Waals surface area contributed by atoms with E-state index in [2.05, 4.69) is 21.3 Å². The smallest absolute Gasteiger partial charge is 0.217 e. The van der Waals surface area contributed by atoms with Gasteiger partial charge in [-0.3, -0.25) is 19.2 Å². The Kier molecular flexibility index (Phi) is 26.6. The van der Waals surface area contributed by atoms with E-state index in [0.29, 0.717) is 0 Å². The summed E-state index contributed by atoms with van der Waals surface area (Å²) < 4.78 is 76.0. The van der Waals surface area contributed by atoms with Gasteiger partial charge in [0.2, 0.25) is 23.6 Å². The highest BCUT2D eigenvalue weighted by molar-refractivity contribution is 5.74. The van der Waals surface area contributed by atoms with E-state index in [0.717, 1.165) is 27.7 Å². The Morgan fingerprint density at radius 2 is 0.567 bits per heavy atom. The first-order valence-electron chi connectivity index (χ1n) is 28.6. The van der Waals surface area contributed by atoms with Gasteiger partial charge in [0.05, 0.1) is 46.2 Å². The van der Waals surface area contributed by atoms with Crippen LogP contribution >= 0.6 is 0 Å². The average Bonchev–Trinajstić information content (AvgIpc) is 0.812. The fourth-order valence-corrected chi connectivity index (χ4v) is 11.5. The zero-order valence-electron chi connectivity index (χ0n) is 48.6. The van der Waals surface area contributed by atoms with Gasteiger partial charge in [-0.25, -0.2) is 0 Å². The second kappa shape index (κ2) is 32.4. The molecule has 0 radical (unpaired) electrons. The fraction of sp³-hybridized carbons (Fsp3) is 0.920. The predicted octanol–water partition coefficient (Wildman–Crippen LogP) is -15.7. The van der Waals surface area contributed by atoms with E-state index in [1.54, 1.807) is 0 Å². The maximum atomic E-state index is 12.8. The first kappa shape index (κ1) is 74.0. The lowest BCUT2D eigenvalue weighted by molar-refractivity contribution is -0.384. The van der Waals surface area contributed by atoms with Crippen LogP contribution in [0.2, 0.25) is 0 Å². The molecule has 7 saturated heterocycles. The molecule has 4 amide bonds. The molecule has 0 aromatic rings. The Morgan fingerprint density at radius 1 is 0.289 bits per heavy atom. The Labute approximate surface area is 510 Å². The fourth-order valence-electron chi connectivity index (χ4n) is 11.5. The average molecular weight is 1320 g/mol. The first-order chi connectivity index (χ1) is 42.5. The number of carbonyl (C=O) groups is 4. The molecular weight excluding hydrogens is 1230 g/mol. The molecule has 520 valence electrons. The molecule has 23 N–H and O–H groups in total. The van der Waals surface area contributed by atoms with Crippen LogP contribution in [0.15, 0.2) is 0 Å². The number of aliphatic hydroxyl groups excluding tert-OH is 19. The van der Waals surface area contributed by atoms with Crippen LogP contribution < -0.4 is 21.3 Å². The van der Waals surface area contributed by atoms with E-state index < -0.39 is 285 Å². The summed E-state index contributed by atoms with van der Waals surface area (Å²) in [4.78, 5) is 50.3. The van der Waals surface area contributed by atoms with Gasteiger partial charge in [-0.05, 0) is 0 Å². The summed E-state index contributed by atoms with van der Waals surface area (Å²) in [6.07, 6.45) is -60.1. The van der Waals surface area contributed by atoms with Crippen molar-refractivity contribution < 1.29 is 178 Å². The van der Waals surface area contributed by atoms with E-state index in [9.17, 15) is 116 Å². The third-order valence-corrected chi connectivity index (χ3v) is 16.1. The van der Waals surface area contributed by atoms with Crippen LogP contribution in [0, 0.1) is 0 Å². The Balaban J connectivity index is 1.20. The lowest BCUT2D eigenvalue weighted by atomic mass is 9.93. The minimum Gasteiger partial charge on any atom is -0.394 e. The molecular formula is C50H84N4O36. The summed E-state index contributed by atoms with van der Waals surface area (Å²) in [5, 5.41) is 216. The minimum atomic E-state index is -2.39. The quantitative estimate of drug-likeness (QED) is 0.0452. The monoisotopic (exact) mass is 1320 g/mol. The Bertz CT molecular complexity index is 2310. The van der Waals surface area contributed by atoms with Crippen molar-refractivity contribution in [1.29, 1.82) is 0 Å². The van der Waals surface area contributed by atoms with Crippen molar-refractivity contribution in [3.05, 3.63) is 0 Å². The third-order valence-electron chi connectivity index (χ3n) is 16.1. The number of nitrogens with one attached hydrogen (secondary N) is 4. The maximum Gasteiger partial charge on any atom is 0.217 e. The largest absolute Gasteiger partial charge is 0.394 e. The molecule has 0 aromatic heterocycles. The standard InChI is InChI=1S/C50H84N4O36/c1-12(61)51-23-30(68)39(18(7-57)79-44(23)77)86-46-25(53-14(3)63)32(70)42(21(10-60)83-46)89-50-38(76)43(90-47-26(54-15(4)64)33(71)41(20(9-59)84-47)88-49-37(75)35(73)28(66)17(6-56)81-49)29(67)22(85-50)11-78-45-24(52-13(2)62)31(69)40(19(8-58)82-45)87-48-36(74)34(72)27(65)16(5-55)80-48/h16-50,55-60,65-77H,5-11H2,1-4H3,(H,51,61)(H,52,62)(H,53,63)(H,54,64)/t16-,17-,18-,19-,20-,21-,22-,23-,24-,25-,26-,27+,28+,29-,30-,31-,32-,33-,34+,35-,36-,37-,38+,39-,40-,41-,42-,43+,44-,45-,46+,47+,48+,49+,50+/m1/s1. The van der Waals surface area contributed by atoms with E-state index in [4.69, 9.17) is 61.6 Å². The van der Waals surface area contributed by atoms with Gasteiger partial charge < -0.3 is 180 Å². The molecule has 7 heterocycles. The number of ether oxygens (including phenoxy) is 13. The molecule has 7 aliphatic heterocycles. The zero-order valence-corrected chi connectivity index (χ0v) is 48.6. The Hall–Kier alpha value is -3.40. The second-order valence-corrected chi connectivity index (χ2v) is 22.5. The summed E-state index contributed by atoms with van der Waals surface area (Å²) in [7, 11) is 0. The van der Waals surface area contributed by atoms with E-state index >= 15 is 0 Å². The molecule has 90 heavy (non-hydrogen) atoms. The summed E-state index contributed by atoms with van der Waals surface area (Å²) in [5.74, 6) is -3.38. The second-order valence-electron chi connectivity index (χ2n) is 22.5. The number of hydrogen-bond donors (Lipinski definition) is 23. The number of carbonyl (C=O) groups excluding carboxylic acids is 4. The highest BCUT2D eigenvalue weighted by Gasteiger charge is 2.59. The lowest BCUT2D eigenvalue weighted by Gasteiger charge is -2.51. The predicted molar refractivity (Wildman–Crippen MR) is 278 cm³/mol. The van der Waals surface area contributed by atoms with Gasteiger partial charge in [0.1, 0.15) is 171 Å². The molecule has 0 unspecified atom stereocenters. The van der Waals surface area contributed by atoms with Gasteiger partial charge in [-0.2, -0.15) is 0 Å². The molecule has 7 aliphatic rings. The van der Waals surface area contributed by atoms with Crippen LogP contribution in [-0.2, 0) is 80.8 Å². The molecule has 7 rings (SSSR count). The van der Waals surface area contributed by atoms with Gasteiger partial charge in [-0.15, -0.1) is 0 Å². The number of amides is 4. The summed E-state index contributed by atoms with van der Waals surface area (Å²) in [6.45, 7) is -2.98. The van der Waals surface area contributed by atoms with Gasteiger partial charge in [-0.1, -0.05) is 0 Å². The van der Waals surface area contributed by atoms with Gasteiger partial charge >= 0.3 is 0 Å². The van der Waals surface area contributed by atoms with Gasteiger partial charge in [0.15, 0.2) is 44.0 Å². The summed E-state index contributed by atoms with van der Waals surface area (Å²) in [6, 6.07) is -7.03. The van der Waals surface area contributed by atoms with Crippen LogP contribution in [0.4, 0.5) is 0 Å². The van der Waals surface area contributed by atoms with Crippen LogP contribution in [0.5, 0.6) is 0 Å². The molecule has 7 fully saturated rings. The highest BCUT2D eigenvalue weighted by Crippen LogP contribution is 2.38. The SMILES string of the molecule is CC(=O)N[C@@H]1[C@@H](O)[C@H](O[C@@H]2O[C@H](CO)[C@@H](O[C@@H]3O[C@H](CO[C@@H]4O[C@H](CO)[C@@H](O[C@@H]5O[C@H](CO)[C@H](O)[C@H](O)[C@H]5O)[C@H](O)[C@H]4NC(C)=O)[C@@H](O)[C@H](O[C@@H]4O[C@H](CO)[C@@H](O[C@@H]5O[C@H](CO)[C@H](O)[C@@H](O)[C@H]5O)[C@H](O)[C@H]4NC(C)=O)[C@@H]3O)[C@H](O)[C@H]2NC(C)=O)[C@@H](CO)O[C@H]1O. The number of hydrogen-bond acceptors (Lipinski definition) is 36. The normalized spacial score (nSPS) is 47.6. The molecule has 0 spiro atoms. The molecule has 40 nitrogen and oxygen atoms in total. The maximum absolute atomic E-state index is 12.8. The molecule has 35 atom stereocenters. The summed E-state index contributed by atoms with van der Waals surface area (Å²) in [5.41, 5.74) is 0. The van der Waals surface area contributed by atoms with Crippen molar-refractivity contribution in [3.8, 4) is 0 Å². The molecule has 40 heteroatoms. The zero-order chi connectivity index (χ0) is 66.5. The van der Waals surface area contributed by atoms with Crippen molar-refractivity contribution in [1.82, 2.24) is 21.3 Å². The highest BCUT2D eigenvalue weighted by atomic mass is 16.8. The van der Waals surface area contributed by atoms with Crippen molar-refractivity contribution >= 4 is 23.6 Å². The van der Waals surface area contributed by atoms with Gasteiger partial charge in [0.25, 0.3) is 0 Å².